The second-order valence-corrected chi connectivity index (χ2v) is 13.2. The molecule has 5 rings (SSSR count). The van der Waals surface area contributed by atoms with Gasteiger partial charge in [0.05, 0.1) is 78.8 Å². The maximum Gasteiger partial charge on any atom is 0.387 e. The molecule has 13 nitrogen and oxygen atoms in total. The smallest absolute Gasteiger partial charge is 0.387 e. The molecule has 2 aromatic heterocycles. The molecule has 0 aliphatic carbocycles. The number of nitrogens with zero attached hydrogens (tertiary/aromatic N) is 4. The zero-order valence-electron chi connectivity index (χ0n) is 25.7. The molecule has 1 aliphatic heterocycles. The Kier molecular flexibility index (Phi) is 11.6. The van der Waals surface area contributed by atoms with E-state index in [4.69, 9.17) is 23.7 Å². The van der Waals surface area contributed by atoms with Crippen LogP contribution in [0.3, 0.4) is 0 Å². The van der Waals surface area contributed by atoms with Crippen LogP contribution in [0.1, 0.15) is 5.69 Å². The molecule has 0 radical (unpaired) electrons. The number of morpholine rings is 1. The van der Waals surface area contributed by atoms with Gasteiger partial charge in [0.1, 0.15) is 18.1 Å². The van der Waals surface area contributed by atoms with E-state index >= 15 is 0 Å². The van der Waals surface area contributed by atoms with Gasteiger partial charge in [0, 0.05) is 38.0 Å². The Balaban J connectivity index is 1.37. The second kappa shape index (κ2) is 15.8. The van der Waals surface area contributed by atoms with Gasteiger partial charge in [0.15, 0.2) is 11.5 Å². The fraction of sp³-hybridized carbons (Fsp3) is 0.400. The van der Waals surface area contributed by atoms with Crippen LogP contribution >= 0.6 is 0 Å². The van der Waals surface area contributed by atoms with E-state index in [1.54, 1.807) is 6.07 Å². The van der Waals surface area contributed by atoms with Crippen molar-refractivity contribution in [3.63, 3.8) is 0 Å². The van der Waals surface area contributed by atoms with E-state index in [1.165, 1.54) is 56.8 Å². The van der Waals surface area contributed by atoms with Gasteiger partial charge in [0.25, 0.3) is 10.0 Å². The molecule has 4 aromatic rings. The van der Waals surface area contributed by atoms with Gasteiger partial charge in [-0.05, 0) is 36.4 Å². The number of hydrogen-bond acceptors (Lipinski definition) is 12. The first-order valence-corrected chi connectivity index (χ1v) is 17.2. The molecule has 47 heavy (non-hydrogen) atoms. The number of rotatable bonds is 16. The van der Waals surface area contributed by atoms with Crippen LogP contribution in [0.2, 0.25) is 0 Å². The monoisotopic (exact) mass is 696 g/mol. The first-order valence-electron chi connectivity index (χ1n) is 14.5. The van der Waals surface area contributed by atoms with Gasteiger partial charge in [-0.15, -0.1) is 0 Å². The molecule has 0 bridgehead atoms. The lowest BCUT2D eigenvalue weighted by atomic mass is 10.3. The van der Waals surface area contributed by atoms with E-state index in [2.05, 4.69) is 19.6 Å². The summed E-state index contributed by atoms with van der Waals surface area (Å²) in [6, 6.07) is 10.8. The van der Waals surface area contributed by atoms with Gasteiger partial charge in [0.2, 0.25) is 5.16 Å². The Morgan fingerprint density at radius 3 is 2.43 bits per heavy atom. The van der Waals surface area contributed by atoms with Crippen molar-refractivity contribution in [2.24, 2.45) is 0 Å². The zero-order chi connectivity index (χ0) is 33.4. The van der Waals surface area contributed by atoms with Gasteiger partial charge < -0.3 is 28.4 Å². The molecule has 1 saturated heterocycles. The molecule has 3 heterocycles. The molecule has 2 aromatic carbocycles. The summed E-state index contributed by atoms with van der Waals surface area (Å²) in [5, 5.41) is -0.351. The number of aromatic nitrogens is 3. The van der Waals surface area contributed by atoms with Crippen LogP contribution in [0.5, 0.6) is 23.0 Å². The highest BCUT2D eigenvalue weighted by molar-refractivity contribution is 7.91. The van der Waals surface area contributed by atoms with E-state index in [-0.39, 0.29) is 50.6 Å². The predicted molar refractivity (Wildman–Crippen MR) is 166 cm³/mol. The molecule has 17 heteroatoms. The summed E-state index contributed by atoms with van der Waals surface area (Å²) < 4.78 is 101. The largest absolute Gasteiger partial charge is 0.493 e. The van der Waals surface area contributed by atoms with E-state index in [9.17, 15) is 21.4 Å². The Bertz CT molecular complexity index is 1780. The number of alkyl halides is 2. The number of halogens is 2. The van der Waals surface area contributed by atoms with Crippen molar-refractivity contribution in [3.05, 3.63) is 60.4 Å². The van der Waals surface area contributed by atoms with Gasteiger partial charge in [-0.25, -0.2) is 17.4 Å². The summed E-state index contributed by atoms with van der Waals surface area (Å²) in [4.78, 5) is 10.6. The quantitative estimate of drug-likeness (QED) is 0.159. The van der Waals surface area contributed by atoms with Gasteiger partial charge in [-0.2, -0.15) is 8.78 Å². The van der Waals surface area contributed by atoms with Gasteiger partial charge in [-0.1, -0.05) is 0 Å². The number of fused-ring (bicyclic) bond motifs is 1. The minimum absolute atomic E-state index is 0.0951. The zero-order valence-corrected chi connectivity index (χ0v) is 27.3. The number of ether oxygens (including phenoxy) is 6. The molecule has 0 saturated carbocycles. The van der Waals surface area contributed by atoms with Crippen LogP contribution < -0.4 is 18.9 Å². The Hall–Kier alpha value is -3.90. The number of pyridine rings is 1. The third-order valence-electron chi connectivity index (χ3n) is 7.13. The van der Waals surface area contributed by atoms with Crippen molar-refractivity contribution >= 4 is 31.9 Å². The predicted octanol–water partition coefficient (Wildman–Crippen LogP) is 3.32. The van der Waals surface area contributed by atoms with Crippen molar-refractivity contribution in [2.45, 2.75) is 22.4 Å². The van der Waals surface area contributed by atoms with Crippen molar-refractivity contribution < 1.29 is 49.8 Å². The van der Waals surface area contributed by atoms with Crippen LogP contribution in [-0.4, -0.2) is 105 Å². The highest BCUT2D eigenvalue weighted by Crippen LogP contribution is 2.33. The van der Waals surface area contributed by atoms with E-state index < -0.39 is 27.4 Å². The normalized spacial score (nSPS) is 14.7. The molecule has 1 aliphatic rings. The van der Waals surface area contributed by atoms with Crippen LogP contribution in [0.25, 0.3) is 11.0 Å². The molecule has 1 unspecified atom stereocenters. The SMILES string of the molecule is COc1ccnc(CS(=O)c2nc3ccc(OC(F)F)cc3n2S(=O)(=O)c2ccc(OCCOCCN3CCOCC3)cc2)c1OC. The number of hydrogen-bond donors (Lipinski definition) is 0. The summed E-state index contributed by atoms with van der Waals surface area (Å²) in [6.45, 7) is 1.97. The average Bonchev–Trinajstić information content (AvgIpc) is 3.46. The molecule has 1 fully saturated rings. The molecule has 0 N–H and O–H groups in total. The van der Waals surface area contributed by atoms with Crippen molar-refractivity contribution in [2.75, 3.05) is 66.9 Å². The van der Waals surface area contributed by atoms with Gasteiger partial charge in [-0.3, -0.25) is 14.1 Å². The molecule has 1 atom stereocenters. The third-order valence-corrected chi connectivity index (χ3v) is 10.2. The summed E-state index contributed by atoms with van der Waals surface area (Å²) in [5.41, 5.74) is 0.221. The third kappa shape index (κ3) is 8.34. The molecule has 0 amide bonds. The highest BCUT2D eigenvalue weighted by atomic mass is 32.2. The summed E-state index contributed by atoms with van der Waals surface area (Å²) >= 11 is 0. The summed E-state index contributed by atoms with van der Waals surface area (Å²) in [6.07, 6.45) is 1.43. The maximum atomic E-state index is 14.1. The molecule has 0 spiro atoms. The van der Waals surface area contributed by atoms with Gasteiger partial charge >= 0.3 is 6.61 Å². The summed E-state index contributed by atoms with van der Waals surface area (Å²) in [5.74, 6) is 0.379. The molecular formula is C30H34F2N4O9S2. The lowest BCUT2D eigenvalue weighted by Crippen LogP contribution is -2.38. The Morgan fingerprint density at radius 2 is 1.72 bits per heavy atom. The van der Waals surface area contributed by atoms with Crippen molar-refractivity contribution in [1.82, 2.24) is 18.8 Å². The first-order chi connectivity index (χ1) is 22.7. The maximum absolute atomic E-state index is 14.1. The molecule has 254 valence electrons. The lowest BCUT2D eigenvalue weighted by molar-refractivity contribution is -0.0497. The Morgan fingerprint density at radius 1 is 0.979 bits per heavy atom. The molecular weight excluding hydrogens is 662 g/mol. The van der Waals surface area contributed by atoms with Crippen LogP contribution in [0, 0.1) is 0 Å². The minimum atomic E-state index is -4.48. The second-order valence-electron chi connectivity index (χ2n) is 10.1. The number of methoxy groups -OCH3 is 2. The lowest BCUT2D eigenvalue weighted by Gasteiger charge is -2.26. The number of benzene rings is 2. The van der Waals surface area contributed by atoms with E-state index in [1.807, 2.05) is 0 Å². The number of imidazole rings is 1. The van der Waals surface area contributed by atoms with Crippen LogP contribution in [0.15, 0.2) is 64.8 Å². The summed E-state index contributed by atoms with van der Waals surface area (Å²) in [7, 11) is -3.77. The van der Waals surface area contributed by atoms with Crippen LogP contribution in [-0.2, 0) is 36.0 Å². The fourth-order valence-corrected chi connectivity index (χ4v) is 7.81. The highest BCUT2D eigenvalue weighted by Gasteiger charge is 2.29. The topological polar surface area (TPSA) is 141 Å². The standard InChI is InChI=1S/C30H34F2N4O9S2/c1-40-27-9-10-33-25(28(27)41-2)20-46(37)30-34-24-8-5-22(45-29(31)32)19-26(24)36(30)47(38,39)23-6-3-21(4-7-23)44-18-17-43-16-13-35-11-14-42-15-12-35/h3-10,19,29H,11-18,20H2,1-2H3. The first kappa shape index (κ1) is 34.4. The average molecular weight is 697 g/mol. The van der Waals surface area contributed by atoms with Crippen molar-refractivity contribution in [1.29, 1.82) is 0 Å². The minimum Gasteiger partial charge on any atom is -0.493 e. The Labute approximate surface area is 272 Å². The van der Waals surface area contributed by atoms with E-state index in [0.29, 0.717) is 24.7 Å². The van der Waals surface area contributed by atoms with Crippen molar-refractivity contribution in [3.8, 4) is 23.0 Å². The fourth-order valence-electron chi connectivity index (χ4n) is 4.86. The van der Waals surface area contributed by atoms with E-state index in [0.717, 1.165) is 42.9 Å². The van der Waals surface area contributed by atoms with Crippen LogP contribution in [0.4, 0.5) is 8.78 Å².